The maximum atomic E-state index is 13.3. The number of anilines is 1. The van der Waals surface area contributed by atoms with Gasteiger partial charge < -0.3 is 19.3 Å². The fourth-order valence-corrected chi connectivity index (χ4v) is 10.2. The number of aromatic nitrogens is 2. The zero-order valence-corrected chi connectivity index (χ0v) is 24.9. The molecule has 39 heavy (non-hydrogen) atoms. The average molecular weight is 539 g/mol. The first-order valence-corrected chi connectivity index (χ1v) is 15.8. The van der Waals surface area contributed by atoms with Gasteiger partial charge in [0.1, 0.15) is 0 Å². The minimum atomic E-state index is -0.129. The van der Waals surface area contributed by atoms with Crippen LogP contribution in [-0.4, -0.2) is 57.9 Å². The van der Waals surface area contributed by atoms with Gasteiger partial charge in [-0.2, -0.15) is 0 Å². The van der Waals surface area contributed by atoms with Gasteiger partial charge >= 0.3 is 6.01 Å². The Hall–Kier alpha value is -1.89. The molecule has 2 heterocycles. The monoisotopic (exact) mass is 538 g/mol. The maximum absolute atomic E-state index is 13.3. The standard InChI is InChI=1S/C32H50N4O3/c1-20(6-11-29(38)35-16-17-36(21(2)19-35)30-34-33-22(3)39-30)26-9-10-27-25-8-7-23-18-24(37)12-14-31(23,4)28(25)13-15-32(26,27)5/h7,20-21,24-28,37H,6,8-19H2,1-5H3/t20-,21+,24+,25+,26-,27+,28+,31+,32-/m1/s1. The Balaban J connectivity index is 1.05. The molecule has 7 heteroatoms. The summed E-state index contributed by atoms with van der Waals surface area (Å²) >= 11 is 0. The van der Waals surface area contributed by atoms with E-state index in [-0.39, 0.29) is 12.1 Å². The van der Waals surface area contributed by atoms with Gasteiger partial charge in [-0.15, -0.1) is 5.10 Å². The normalized spacial score (nSPS) is 40.9. The van der Waals surface area contributed by atoms with Crippen molar-refractivity contribution < 1.29 is 14.3 Å². The van der Waals surface area contributed by atoms with Crippen molar-refractivity contribution in [1.29, 1.82) is 0 Å². The molecule has 1 N–H and O–H groups in total. The number of piperazine rings is 1. The Morgan fingerprint density at radius 3 is 2.72 bits per heavy atom. The van der Waals surface area contributed by atoms with Crippen LogP contribution < -0.4 is 4.90 Å². The van der Waals surface area contributed by atoms with Gasteiger partial charge in [-0.1, -0.05) is 37.5 Å². The van der Waals surface area contributed by atoms with Crippen LogP contribution in [0.5, 0.6) is 0 Å². The third-order valence-electron chi connectivity index (χ3n) is 12.4. The molecule has 0 unspecified atom stereocenters. The molecule has 0 radical (unpaired) electrons. The van der Waals surface area contributed by atoms with Crippen LogP contribution in [0.4, 0.5) is 6.01 Å². The molecule has 4 aliphatic carbocycles. The van der Waals surface area contributed by atoms with E-state index in [9.17, 15) is 9.90 Å². The highest BCUT2D eigenvalue weighted by molar-refractivity contribution is 5.76. The van der Waals surface area contributed by atoms with E-state index in [1.807, 2.05) is 6.92 Å². The first kappa shape index (κ1) is 27.3. The number of hydrogen-bond acceptors (Lipinski definition) is 6. The van der Waals surface area contributed by atoms with Crippen LogP contribution in [0.3, 0.4) is 0 Å². The van der Waals surface area contributed by atoms with E-state index in [1.165, 1.54) is 32.1 Å². The summed E-state index contributed by atoms with van der Waals surface area (Å²) in [4.78, 5) is 17.5. The molecule has 1 amide bonds. The predicted molar refractivity (Wildman–Crippen MR) is 152 cm³/mol. The molecule has 0 bridgehead atoms. The summed E-state index contributed by atoms with van der Waals surface area (Å²) in [6, 6.07) is 0.739. The zero-order valence-electron chi connectivity index (χ0n) is 24.9. The summed E-state index contributed by atoms with van der Waals surface area (Å²) in [7, 11) is 0. The van der Waals surface area contributed by atoms with E-state index in [4.69, 9.17) is 4.42 Å². The molecule has 0 spiro atoms. The van der Waals surface area contributed by atoms with Gasteiger partial charge in [-0.3, -0.25) is 4.79 Å². The van der Waals surface area contributed by atoms with E-state index in [0.717, 1.165) is 62.4 Å². The highest BCUT2D eigenvalue weighted by Gasteiger charge is 2.59. The molecule has 216 valence electrons. The zero-order chi connectivity index (χ0) is 27.5. The lowest BCUT2D eigenvalue weighted by molar-refractivity contribution is -0.132. The van der Waals surface area contributed by atoms with Gasteiger partial charge in [0, 0.05) is 39.0 Å². The van der Waals surface area contributed by atoms with Gasteiger partial charge in [0.25, 0.3) is 0 Å². The van der Waals surface area contributed by atoms with E-state index in [1.54, 1.807) is 5.57 Å². The smallest absolute Gasteiger partial charge is 0.318 e. The van der Waals surface area contributed by atoms with Crippen LogP contribution in [0.25, 0.3) is 0 Å². The Morgan fingerprint density at radius 1 is 1.15 bits per heavy atom. The van der Waals surface area contributed by atoms with E-state index >= 15 is 0 Å². The van der Waals surface area contributed by atoms with Crippen molar-refractivity contribution in [3.63, 3.8) is 0 Å². The molecule has 4 fully saturated rings. The minimum absolute atomic E-state index is 0.129. The SMILES string of the molecule is Cc1nnc(N2CCN(C(=O)CC[C@@H](C)[C@H]3CC[C@H]4[C@@H]5CC=C6C[C@@H](O)CC[C@]6(C)[C@H]5CC[C@]34C)C[C@@H]2C)o1. The summed E-state index contributed by atoms with van der Waals surface area (Å²) < 4.78 is 5.63. The second-order valence-corrected chi connectivity index (χ2v) is 14.4. The molecule has 0 aromatic carbocycles. The number of allylic oxidation sites excluding steroid dienone is 1. The van der Waals surface area contributed by atoms with Crippen molar-refractivity contribution in [3.05, 3.63) is 17.5 Å². The molecular weight excluding hydrogens is 488 g/mol. The third-order valence-corrected chi connectivity index (χ3v) is 12.4. The first-order valence-electron chi connectivity index (χ1n) is 15.8. The number of aliphatic hydroxyl groups is 1. The van der Waals surface area contributed by atoms with Gasteiger partial charge in [0.15, 0.2) is 0 Å². The summed E-state index contributed by atoms with van der Waals surface area (Å²) in [5.74, 6) is 4.57. The lowest BCUT2D eigenvalue weighted by Gasteiger charge is -2.58. The Kier molecular flexibility index (Phi) is 7.13. The fraction of sp³-hybridized carbons (Fsp3) is 0.844. The molecule has 5 aliphatic rings. The number of rotatable bonds is 5. The van der Waals surface area contributed by atoms with Gasteiger partial charge in [-0.05, 0) is 105 Å². The highest BCUT2D eigenvalue weighted by atomic mass is 16.4. The molecular formula is C32H50N4O3. The van der Waals surface area contributed by atoms with Crippen LogP contribution in [0.2, 0.25) is 0 Å². The molecule has 6 rings (SSSR count). The number of nitrogens with zero attached hydrogens (tertiary/aromatic N) is 4. The summed E-state index contributed by atoms with van der Waals surface area (Å²) in [5.41, 5.74) is 2.28. The summed E-state index contributed by atoms with van der Waals surface area (Å²) in [6.45, 7) is 13.7. The van der Waals surface area contributed by atoms with Crippen molar-refractivity contribution in [3.8, 4) is 0 Å². The van der Waals surface area contributed by atoms with Crippen LogP contribution in [0, 0.1) is 47.3 Å². The Bertz CT molecular complexity index is 1100. The molecule has 1 aromatic rings. The molecule has 7 nitrogen and oxygen atoms in total. The number of amides is 1. The van der Waals surface area contributed by atoms with Gasteiger partial charge in [0.05, 0.1) is 6.10 Å². The summed E-state index contributed by atoms with van der Waals surface area (Å²) in [6.07, 6.45) is 13.7. The van der Waals surface area contributed by atoms with Gasteiger partial charge in [0.2, 0.25) is 11.8 Å². The first-order chi connectivity index (χ1) is 18.6. The van der Waals surface area contributed by atoms with Gasteiger partial charge in [-0.25, -0.2) is 0 Å². The number of fused-ring (bicyclic) bond motifs is 5. The van der Waals surface area contributed by atoms with Crippen molar-refractivity contribution >= 4 is 11.9 Å². The largest absolute Gasteiger partial charge is 0.408 e. The van der Waals surface area contributed by atoms with Crippen molar-refractivity contribution in [2.75, 3.05) is 24.5 Å². The lowest BCUT2D eigenvalue weighted by Crippen LogP contribution is -2.54. The lowest BCUT2D eigenvalue weighted by atomic mass is 9.47. The predicted octanol–water partition coefficient (Wildman–Crippen LogP) is 5.77. The number of aryl methyl sites for hydroxylation is 1. The van der Waals surface area contributed by atoms with Crippen molar-refractivity contribution in [2.45, 2.75) is 111 Å². The van der Waals surface area contributed by atoms with E-state index < -0.39 is 0 Å². The second-order valence-electron chi connectivity index (χ2n) is 14.4. The fourth-order valence-electron chi connectivity index (χ4n) is 10.2. The number of carbonyl (C=O) groups excluding carboxylic acids is 1. The summed E-state index contributed by atoms with van der Waals surface area (Å²) in [5, 5.41) is 18.5. The van der Waals surface area contributed by atoms with Crippen LogP contribution in [0.1, 0.15) is 97.8 Å². The number of hydrogen-bond donors (Lipinski definition) is 1. The Morgan fingerprint density at radius 2 is 1.97 bits per heavy atom. The molecule has 3 saturated carbocycles. The van der Waals surface area contributed by atoms with Crippen molar-refractivity contribution in [1.82, 2.24) is 15.1 Å². The van der Waals surface area contributed by atoms with Crippen LogP contribution >= 0.6 is 0 Å². The highest BCUT2D eigenvalue weighted by Crippen LogP contribution is 2.67. The van der Waals surface area contributed by atoms with E-state index in [0.29, 0.717) is 47.5 Å². The quantitative estimate of drug-likeness (QED) is 0.479. The Labute approximate surface area is 234 Å². The van der Waals surface area contributed by atoms with Crippen LogP contribution in [0.15, 0.2) is 16.1 Å². The average Bonchev–Trinajstić information content (AvgIpc) is 3.50. The minimum Gasteiger partial charge on any atom is -0.408 e. The number of aliphatic hydroxyl groups excluding tert-OH is 1. The maximum Gasteiger partial charge on any atom is 0.318 e. The third kappa shape index (κ3) is 4.64. The van der Waals surface area contributed by atoms with Crippen molar-refractivity contribution in [2.24, 2.45) is 40.4 Å². The number of carbonyl (C=O) groups is 1. The molecule has 1 aromatic heterocycles. The molecule has 1 aliphatic heterocycles. The molecule has 1 saturated heterocycles. The second kappa shape index (κ2) is 10.2. The van der Waals surface area contributed by atoms with Crippen LogP contribution in [-0.2, 0) is 4.79 Å². The molecule has 9 atom stereocenters. The van der Waals surface area contributed by atoms with E-state index in [2.05, 4.69) is 53.8 Å². The topological polar surface area (TPSA) is 82.7 Å².